The molecule has 1 aliphatic heterocycles. The lowest BCUT2D eigenvalue weighted by molar-refractivity contribution is -0.161. The molecule has 0 amide bonds. The second-order valence-corrected chi connectivity index (χ2v) is 8.92. The third kappa shape index (κ3) is 3.64. The summed E-state index contributed by atoms with van der Waals surface area (Å²) in [6.07, 6.45) is 6.27. The van der Waals surface area contributed by atoms with Crippen molar-refractivity contribution in [2.75, 3.05) is 5.75 Å². The Hall–Kier alpha value is -0.500. The van der Waals surface area contributed by atoms with Gasteiger partial charge in [0, 0.05) is 11.4 Å². The van der Waals surface area contributed by atoms with Crippen molar-refractivity contribution in [2.45, 2.75) is 63.7 Å². The Labute approximate surface area is 130 Å². The van der Waals surface area contributed by atoms with Crippen molar-refractivity contribution >= 4 is 21.4 Å². The Bertz CT molecular complexity index is 593. The van der Waals surface area contributed by atoms with Crippen LogP contribution in [0.2, 0.25) is 0 Å². The molecular weight excluding hydrogens is 308 g/mol. The van der Waals surface area contributed by atoms with Gasteiger partial charge in [0.05, 0.1) is 28.7 Å². The largest absolute Gasteiger partial charge is 0.371 e. The van der Waals surface area contributed by atoms with E-state index in [-0.39, 0.29) is 17.5 Å². The van der Waals surface area contributed by atoms with Crippen molar-refractivity contribution in [3.8, 4) is 0 Å². The minimum absolute atomic E-state index is 0.00664. The number of hydrogen-bond donors (Lipinski definition) is 1. The molecule has 1 aromatic rings. The molecule has 2 heterocycles. The Morgan fingerprint density at radius 2 is 2.19 bits per heavy atom. The summed E-state index contributed by atoms with van der Waals surface area (Å²) in [7, 11) is -3.30. The van der Waals surface area contributed by atoms with E-state index in [2.05, 4.69) is 9.71 Å². The molecule has 1 aromatic heterocycles. The molecule has 2 fully saturated rings. The van der Waals surface area contributed by atoms with E-state index in [0.29, 0.717) is 6.54 Å². The fraction of sp³-hybridized carbons (Fsp3) is 0.786. The van der Waals surface area contributed by atoms with Crippen LogP contribution in [0.1, 0.15) is 49.1 Å². The maximum absolute atomic E-state index is 12.2. The number of aromatic nitrogens is 1. The van der Waals surface area contributed by atoms with Crippen LogP contribution in [-0.2, 0) is 21.3 Å². The van der Waals surface area contributed by atoms with E-state index in [9.17, 15) is 8.42 Å². The molecule has 0 radical (unpaired) electrons. The average Bonchev–Trinajstić information content (AvgIpc) is 2.80. The average molecular weight is 330 g/mol. The first kappa shape index (κ1) is 15.4. The fourth-order valence-electron chi connectivity index (χ4n) is 3.15. The normalized spacial score (nSPS) is 24.9. The van der Waals surface area contributed by atoms with Gasteiger partial charge < -0.3 is 4.74 Å². The zero-order valence-corrected chi connectivity index (χ0v) is 13.9. The van der Waals surface area contributed by atoms with Crippen molar-refractivity contribution in [3.63, 3.8) is 0 Å². The van der Waals surface area contributed by atoms with Crippen molar-refractivity contribution in [3.05, 3.63) is 16.1 Å². The maximum atomic E-state index is 12.2. The lowest BCUT2D eigenvalue weighted by Crippen LogP contribution is -2.48. The van der Waals surface area contributed by atoms with Gasteiger partial charge in [-0.1, -0.05) is 0 Å². The third-order valence-corrected chi connectivity index (χ3v) is 6.87. The third-order valence-electron chi connectivity index (χ3n) is 4.54. The molecule has 118 valence electrons. The summed E-state index contributed by atoms with van der Waals surface area (Å²) in [5.41, 5.74) is 2.64. The Balaban J connectivity index is 1.54. The lowest BCUT2D eigenvalue weighted by atomic mass is 9.74. The maximum Gasteiger partial charge on any atom is 0.214 e. The summed E-state index contributed by atoms with van der Waals surface area (Å²) in [6, 6.07) is 0. The van der Waals surface area contributed by atoms with Gasteiger partial charge in [0.2, 0.25) is 10.0 Å². The molecule has 3 rings (SSSR count). The molecule has 1 saturated heterocycles. The number of nitrogens with zero attached hydrogens (tertiary/aromatic N) is 1. The van der Waals surface area contributed by atoms with Gasteiger partial charge in [0.1, 0.15) is 0 Å². The van der Waals surface area contributed by atoms with Gasteiger partial charge >= 0.3 is 0 Å². The highest BCUT2D eigenvalue weighted by molar-refractivity contribution is 7.89. The van der Waals surface area contributed by atoms with Crippen molar-refractivity contribution in [2.24, 2.45) is 0 Å². The molecule has 0 aromatic carbocycles. The molecule has 7 heteroatoms. The van der Waals surface area contributed by atoms with Gasteiger partial charge in [-0.2, -0.15) is 0 Å². The number of sulfonamides is 1. The number of thiazole rings is 1. The van der Waals surface area contributed by atoms with Crippen molar-refractivity contribution in [1.29, 1.82) is 0 Å². The van der Waals surface area contributed by atoms with E-state index in [0.717, 1.165) is 42.7 Å². The molecular formula is C14H22N2O3S2. The van der Waals surface area contributed by atoms with Crippen LogP contribution in [0.5, 0.6) is 0 Å². The molecule has 21 heavy (non-hydrogen) atoms. The van der Waals surface area contributed by atoms with Crippen LogP contribution in [0.4, 0.5) is 0 Å². The SMILES string of the molecule is Cc1ncsc1CNS(=O)(=O)CC1CCCC2(CCC2)O1. The van der Waals surface area contributed by atoms with E-state index in [1.165, 1.54) is 17.8 Å². The van der Waals surface area contributed by atoms with Crippen LogP contribution in [0.15, 0.2) is 5.51 Å². The Morgan fingerprint density at radius 3 is 2.81 bits per heavy atom. The first-order valence-corrected chi connectivity index (χ1v) is 10.1. The molecule has 1 aliphatic carbocycles. The van der Waals surface area contributed by atoms with E-state index in [4.69, 9.17) is 4.74 Å². The van der Waals surface area contributed by atoms with Gasteiger partial charge in [-0.3, -0.25) is 0 Å². The highest BCUT2D eigenvalue weighted by Gasteiger charge is 2.43. The molecule has 1 unspecified atom stereocenters. The summed E-state index contributed by atoms with van der Waals surface area (Å²) in [6.45, 7) is 2.22. The predicted octanol–water partition coefficient (Wildman–Crippen LogP) is 2.36. The topological polar surface area (TPSA) is 68.3 Å². The van der Waals surface area contributed by atoms with Crippen LogP contribution in [0.25, 0.3) is 0 Å². The number of ether oxygens (including phenoxy) is 1. The Morgan fingerprint density at radius 1 is 1.43 bits per heavy atom. The van der Waals surface area contributed by atoms with E-state index >= 15 is 0 Å². The molecule has 2 aliphatic rings. The smallest absolute Gasteiger partial charge is 0.214 e. The molecule has 1 spiro atoms. The van der Waals surface area contributed by atoms with Gasteiger partial charge in [0.25, 0.3) is 0 Å². The summed E-state index contributed by atoms with van der Waals surface area (Å²) in [5.74, 6) is 0.0760. The zero-order chi connectivity index (χ0) is 14.9. The lowest BCUT2D eigenvalue weighted by Gasteiger charge is -2.47. The van der Waals surface area contributed by atoms with Crippen LogP contribution in [0, 0.1) is 6.92 Å². The van der Waals surface area contributed by atoms with Crippen LogP contribution in [-0.4, -0.2) is 30.9 Å². The summed E-state index contributed by atoms with van der Waals surface area (Å²) in [5, 5.41) is 0. The molecule has 1 saturated carbocycles. The number of hydrogen-bond acceptors (Lipinski definition) is 5. The second kappa shape index (κ2) is 5.95. The van der Waals surface area contributed by atoms with Gasteiger partial charge in [-0.25, -0.2) is 18.1 Å². The zero-order valence-electron chi connectivity index (χ0n) is 12.3. The van der Waals surface area contributed by atoms with Crippen LogP contribution < -0.4 is 4.72 Å². The minimum Gasteiger partial charge on any atom is -0.371 e. The number of rotatable bonds is 5. The molecule has 1 atom stereocenters. The molecule has 5 nitrogen and oxygen atoms in total. The number of nitrogens with one attached hydrogen (secondary N) is 1. The van der Waals surface area contributed by atoms with Crippen molar-refractivity contribution in [1.82, 2.24) is 9.71 Å². The number of aryl methyl sites for hydroxylation is 1. The first-order chi connectivity index (χ1) is 9.98. The first-order valence-electron chi connectivity index (χ1n) is 7.52. The van der Waals surface area contributed by atoms with Crippen molar-refractivity contribution < 1.29 is 13.2 Å². The standard InChI is InChI=1S/C14H22N2O3S2/c1-11-13(20-10-15-11)8-16-21(17,18)9-12-4-2-5-14(19-12)6-3-7-14/h10,12,16H,2-9H2,1H3. The fourth-order valence-corrected chi connectivity index (χ4v) is 5.17. The van der Waals surface area contributed by atoms with E-state index in [1.54, 1.807) is 5.51 Å². The van der Waals surface area contributed by atoms with Crippen LogP contribution in [0.3, 0.4) is 0 Å². The van der Waals surface area contributed by atoms with Gasteiger partial charge in [-0.05, 0) is 45.4 Å². The Kier molecular flexibility index (Phi) is 4.36. The van der Waals surface area contributed by atoms with Gasteiger partial charge in [0.15, 0.2) is 0 Å². The monoisotopic (exact) mass is 330 g/mol. The van der Waals surface area contributed by atoms with Gasteiger partial charge in [-0.15, -0.1) is 11.3 Å². The minimum atomic E-state index is -3.30. The van der Waals surface area contributed by atoms with E-state index in [1.807, 2.05) is 6.92 Å². The second-order valence-electron chi connectivity index (χ2n) is 6.13. The van der Waals surface area contributed by atoms with E-state index < -0.39 is 10.0 Å². The van der Waals surface area contributed by atoms with Crippen LogP contribution >= 0.6 is 11.3 Å². The molecule has 0 bridgehead atoms. The predicted molar refractivity (Wildman–Crippen MR) is 82.8 cm³/mol. The summed E-state index contributed by atoms with van der Waals surface area (Å²) >= 11 is 1.48. The quantitative estimate of drug-likeness (QED) is 0.900. The summed E-state index contributed by atoms with van der Waals surface area (Å²) in [4.78, 5) is 5.10. The molecule has 1 N–H and O–H groups in total. The summed E-state index contributed by atoms with van der Waals surface area (Å²) < 4.78 is 33.2. The highest BCUT2D eigenvalue weighted by Crippen LogP contribution is 2.44. The highest BCUT2D eigenvalue weighted by atomic mass is 32.2.